The molecule has 0 aliphatic carbocycles. The number of benzene rings is 2. The average molecular weight is 452 g/mol. The van der Waals surface area contributed by atoms with Crippen molar-refractivity contribution in [1.29, 1.82) is 0 Å². The zero-order chi connectivity index (χ0) is 23.2. The van der Waals surface area contributed by atoms with Crippen LogP contribution in [-0.2, 0) is 15.0 Å². The molecule has 0 bridgehead atoms. The van der Waals surface area contributed by atoms with Crippen LogP contribution in [0, 0.1) is 11.7 Å². The zero-order valence-electron chi connectivity index (χ0n) is 18.5. The maximum absolute atomic E-state index is 13.3. The highest BCUT2D eigenvalue weighted by atomic mass is 32.2. The van der Waals surface area contributed by atoms with E-state index in [2.05, 4.69) is 5.32 Å². The Morgan fingerprint density at radius 1 is 1.06 bits per heavy atom. The summed E-state index contributed by atoms with van der Waals surface area (Å²) in [5, 5.41) is 2.95. The number of hydrogen-bond acceptors (Lipinski definition) is 4. The van der Waals surface area contributed by atoms with Gasteiger partial charge in [-0.15, -0.1) is 0 Å². The number of carbonyl (C=O) groups excluding carboxylic acids is 1. The van der Waals surface area contributed by atoms with Crippen LogP contribution >= 0.6 is 0 Å². The first kappa shape index (κ1) is 24.6. The number of rotatable bonds is 10. The highest BCUT2D eigenvalue weighted by Crippen LogP contribution is 2.24. The Kier molecular flexibility index (Phi) is 8.41. The maximum atomic E-state index is 13.3. The van der Waals surface area contributed by atoms with Crippen molar-refractivity contribution >= 4 is 21.8 Å². The SMILES string of the molecule is COc1ccc([C@@H](CC(C)C)NC(=O)CN(c2ccc(F)cc2)S(=O)(=O)N(C)C)cc1. The number of methoxy groups -OCH3 is 1. The molecule has 2 aromatic rings. The molecule has 1 amide bonds. The Labute approximate surface area is 184 Å². The van der Waals surface area contributed by atoms with Gasteiger partial charge in [0.15, 0.2) is 0 Å². The predicted octanol–water partition coefficient (Wildman–Crippen LogP) is 3.35. The van der Waals surface area contributed by atoms with Gasteiger partial charge in [-0.05, 0) is 54.3 Å². The van der Waals surface area contributed by atoms with Crippen LogP contribution in [0.4, 0.5) is 10.1 Å². The number of nitrogens with zero attached hydrogens (tertiary/aromatic N) is 2. The Morgan fingerprint density at radius 2 is 1.65 bits per heavy atom. The molecule has 2 rings (SSSR count). The van der Waals surface area contributed by atoms with E-state index in [-0.39, 0.29) is 11.7 Å². The van der Waals surface area contributed by atoms with Gasteiger partial charge in [0.2, 0.25) is 5.91 Å². The van der Waals surface area contributed by atoms with Gasteiger partial charge in [-0.1, -0.05) is 26.0 Å². The summed E-state index contributed by atoms with van der Waals surface area (Å²) >= 11 is 0. The van der Waals surface area contributed by atoms with Gasteiger partial charge in [0, 0.05) is 14.1 Å². The highest BCUT2D eigenvalue weighted by Gasteiger charge is 2.28. The molecule has 9 heteroatoms. The van der Waals surface area contributed by atoms with E-state index >= 15 is 0 Å². The van der Waals surface area contributed by atoms with Gasteiger partial charge in [0.25, 0.3) is 0 Å². The van der Waals surface area contributed by atoms with E-state index in [1.165, 1.54) is 26.2 Å². The number of anilines is 1. The number of nitrogens with one attached hydrogen (secondary N) is 1. The van der Waals surface area contributed by atoms with Gasteiger partial charge in [0.05, 0.1) is 18.8 Å². The third-order valence-electron chi connectivity index (χ3n) is 4.70. The summed E-state index contributed by atoms with van der Waals surface area (Å²) in [6.07, 6.45) is 0.676. The third-order valence-corrected chi connectivity index (χ3v) is 6.52. The molecule has 0 saturated heterocycles. The topological polar surface area (TPSA) is 79.0 Å². The molecule has 0 unspecified atom stereocenters. The Bertz CT molecular complexity index is 961. The molecule has 7 nitrogen and oxygen atoms in total. The van der Waals surface area contributed by atoms with Crippen LogP contribution in [0.25, 0.3) is 0 Å². The van der Waals surface area contributed by atoms with E-state index in [0.29, 0.717) is 18.1 Å². The highest BCUT2D eigenvalue weighted by molar-refractivity contribution is 7.90. The van der Waals surface area contributed by atoms with E-state index < -0.39 is 28.5 Å². The summed E-state index contributed by atoms with van der Waals surface area (Å²) in [5.74, 6) is 0.0483. The molecular formula is C22H30FN3O4S. The second-order valence-corrected chi connectivity index (χ2v) is 9.86. The first-order valence-electron chi connectivity index (χ1n) is 9.93. The minimum atomic E-state index is -3.97. The van der Waals surface area contributed by atoms with Crippen LogP contribution in [0.3, 0.4) is 0 Å². The monoisotopic (exact) mass is 451 g/mol. The summed E-state index contributed by atoms with van der Waals surface area (Å²) in [6, 6.07) is 12.1. The molecule has 0 saturated carbocycles. The Hall–Kier alpha value is -2.65. The molecule has 31 heavy (non-hydrogen) atoms. The fraction of sp³-hybridized carbons (Fsp3) is 0.409. The molecule has 2 aromatic carbocycles. The van der Waals surface area contributed by atoms with Gasteiger partial charge in [0.1, 0.15) is 18.1 Å². The predicted molar refractivity (Wildman–Crippen MR) is 120 cm³/mol. The molecule has 0 fully saturated rings. The van der Waals surface area contributed by atoms with Crippen molar-refractivity contribution < 1.29 is 22.3 Å². The molecule has 0 heterocycles. The second kappa shape index (κ2) is 10.6. The van der Waals surface area contributed by atoms with Crippen LogP contribution in [0.1, 0.15) is 31.9 Å². The number of ether oxygens (including phenoxy) is 1. The molecule has 0 aromatic heterocycles. The van der Waals surface area contributed by atoms with E-state index in [1.807, 2.05) is 38.1 Å². The van der Waals surface area contributed by atoms with Crippen LogP contribution in [0.15, 0.2) is 48.5 Å². The van der Waals surface area contributed by atoms with E-state index in [0.717, 1.165) is 26.3 Å². The lowest BCUT2D eigenvalue weighted by Crippen LogP contribution is -2.46. The zero-order valence-corrected chi connectivity index (χ0v) is 19.3. The van der Waals surface area contributed by atoms with Gasteiger partial charge in [-0.2, -0.15) is 12.7 Å². The van der Waals surface area contributed by atoms with E-state index in [1.54, 1.807) is 7.11 Å². The van der Waals surface area contributed by atoms with E-state index in [9.17, 15) is 17.6 Å². The van der Waals surface area contributed by atoms with Crippen molar-refractivity contribution in [2.45, 2.75) is 26.3 Å². The summed E-state index contributed by atoms with van der Waals surface area (Å²) in [4.78, 5) is 12.9. The molecule has 1 atom stereocenters. The number of amides is 1. The van der Waals surface area contributed by atoms with Crippen LogP contribution in [0.2, 0.25) is 0 Å². The Balaban J connectivity index is 2.28. The molecule has 0 spiro atoms. The van der Waals surface area contributed by atoms with Crippen LogP contribution < -0.4 is 14.4 Å². The van der Waals surface area contributed by atoms with Crippen LogP contribution in [-0.4, -0.2) is 46.4 Å². The van der Waals surface area contributed by atoms with Crippen molar-refractivity contribution in [2.75, 3.05) is 32.1 Å². The summed E-state index contributed by atoms with van der Waals surface area (Å²) in [6.45, 7) is 3.66. The first-order chi connectivity index (χ1) is 14.5. The minimum absolute atomic E-state index is 0.204. The van der Waals surface area contributed by atoms with Gasteiger partial charge in [-0.25, -0.2) is 8.70 Å². The summed E-state index contributed by atoms with van der Waals surface area (Å²) < 4.78 is 46.1. The van der Waals surface area contributed by atoms with Crippen LogP contribution in [0.5, 0.6) is 5.75 Å². The fourth-order valence-electron chi connectivity index (χ4n) is 3.07. The lowest BCUT2D eigenvalue weighted by Gasteiger charge is -2.28. The largest absolute Gasteiger partial charge is 0.497 e. The molecular weight excluding hydrogens is 421 g/mol. The molecule has 0 radical (unpaired) electrons. The smallest absolute Gasteiger partial charge is 0.304 e. The third kappa shape index (κ3) is 6.67. The normalized spacial score (nSPS) is 12.6. The number of carbonyl (C=O) groups is 1. The van der Waals surface area contributed by atoms with Crippen molar-refractivity contribution in [1.82, 2.24) is 9.62 Å². The molecule has 0 aliphatic rings. The lowest BCUT2D eigenvalue weighted by atomic mass is 9.97. The van der Waals surface area contributed by atoms with Gasteiger partial charge >= 0.3 is 10.2 Å². The van der Waals surface area contributed by atoms with Crippen molar-refractivity contribution in [2.24, 2.45) is 5.92 Å². The van der Waals surface area contributed by atoms with E-state index in [4.69, 9.17) is 4.74 Å². The van der Waals surface area contributed by atoms with Crippen molar-refractivity contribution in [3.8, 4) is 5.75 Å². The number of hydrogen-bond donors (Lipinski definition) is 1. The molecule has 0 aliphatic heterocycles. The quantitative estimate of drug-likeness (QED) is 0.601. The van der Waals surface area contributed by atoms with Crippen molar-refractivity contribution in [3.63, 3.8) is 0 Å². The minimum Gasteiger partial charge on any atom is -0.497 e. The second-order valence-electron chi connectivity index (χ2n) is 7.80. The summed E-state index contributed by atoms with van der Waals surface area (Å²) in [7, 11) is 0.371. The lowest BCUT2D eigenvalue weighted by molar-refractivity contribution is -0.120. The first-order valence-corrected chi connectivity index (χ1v) is 11.3. The number of halogens is 1. The molecule has 170 valence electrons. The fourth-order valence-corrected chi connectivity index (χ4v) is 4.13. The van der Waals surface area contributed by atoms with Gasteiger partial charge < -0.3 is 10.1 Å². The maximum Gasteiger partial charge on any atom is 0.304 e. The molecule has 1 N–H and O–H groups in total. The average Bonchev–Trinajstić information content (AvgIpc) is 2.72. The van der Waals surface area contributed by atoms with Gasteiger partial charge in [-0.3, -0.25) is 4.79 Å². The standard InChI is InChI=1S/C22H30FN3O4S/c1-16(2)14-21(17-6-12-20(30-5)13-7-17)24-22(27)15-26(31(28,29)25(3)4)19-10-8-18(23)9-11-19/h6-13,16,21H,14-15H2,1-5H3,(H,24,27)/t21-/m1/s1. The van der Waals surface area contributed by atoms with Crippen molar-refractivity contribution in [3.05, 3.63) is 59.9 Å². The Morgan fingerprint density at radius 3 is 2.13 bits per heavy atom. The summed E-state index contributed by atoms with van der Waals surface area (Å²) in [5.41, 5.74) is 1.10.